The van der Waals surface area contributed by atoms with Crippen LogP contribution in [0.3, 0.4) is 0 Å². The Balaban J connectivity index is 2.01. The predicted molar refractivity (Wildman–Crippen MR) is 80.3 cm³/mol. The molecule has 2 rings (SSSR count). The summed E-state index contributed by atoms with van der Waals surface area (Å²) in [6.45, 7) is 6.54. The number of hydrogen-bond donors (Lipinski definition) is 2. The highest BCUT2D eigenvalue weighted by Gasteiger charge is 2.13. The van der Waals surface area contributed by atoms with E-state index in [9.17, 15) is 4.79 Å². The standard InChI is InChI=1S/C15H22N4O2/c1-10(9-20)5-4-6-16-15(21)13-8-17-14-7-11(2)18-19(14)12(13)3/h7-8,10,20H,4-6,9H2,1-3H3,(H,16,21). The van der Waals surface area contributed by atoms with Crippen molar-refractivity contribution in [3.63, 3.8) is 0 Å². The summed E-state index contributed by atoms with van der Waals surface area (Å²) in [5.41, 5.74) is 2.95. The van der Waals surface area contributed by atoms with E-state index in [1.165, 1.54) is 0 Å². The van der Waals surface area contributed by atoms with E-state index in [1.54, 1.807) is 10.7 Å². The average molecular weight is 290 g/mol. The number of nitrogens with one attached hydrogen (secondary N) is 1. The van der Waals surface area contributed by atoms with Crippen LogP contribution in [0.1, 0.15) is 41.5 Å². The zero-order valence-corrected chi connectivity index (χ0v) is 12.8. The van der Waals surface area contributed by atoms with E-state index in [0.717, 1.165) is 29.9 Å². The molecule has 1 unspecified atom stereocenters. The first-order chi connectivity index (χ1) is 10.0. The van der Waals surface area contributed by atoms with Crippen LogP contribution in [0.2, 0.25) is 0 Å². The second kappa shape index (κ2) is 6.67. The number of aliphatic hydroxyl groups is 1. The lowest BCUT2D eigenvalue weighted by molar-refractivity contribution is 0.0950. The highest BCUT2D eigenvalue weighted by atomic mass is 16.3. The van der Waals surface area contributed by atoms with E-state index in [4.69, 9.17) is 5.11 Å². The van der Waals surface area contributed by atoms with Crippen LogP contribution in [0.4, 0.5) is 0 Å². The largest absolute Gasteiger partial charge is 0.396 e. The normalized spacial score (nSPS) is 12.6. The first-order valence-corrected chi connectivity index (χ1v) is 7.24. The maximum atomic E-state index is 12.2. The zero-order valence-electron chi connectivity index (χ0n) is 12.8. The lowest BCUT2D eigenvalue weighted by atomic mass is 10.1. The molecule has 0 spiro atoms. The van der Waals surface area contributed by atoms with Crippen molar-refractivity contribution in [3.05, 3.63) is 29.2 Å². The van der Waals surface area contributed by atoms with E-state index < -0.39 is 0 Å². The minimum Gasteiger partial charge on any atom is -0.396 e. The Bertz CT molecular complexity index is 636. The fourth-order valence-electron chi connectivity index (χ4n) is 2.22. The number of carbonyl (C=O) groups is 1. The van der Waals surface area contributed by atoms with Gasteiger partial charge in [-0.25, -0.2) is 9.50 Å². The van der Waals surface area contributed by atoms with E-state index in [2.05, 4.69) is 15.4 Å². The van der Waals surface area contributed by atoms with Gasteiger partial charge in [-0.2, -0.15) is 5.10 Å². The van der Waals surface area contributed by atoms with Gasteiger partial charge in [-0.1, -0.05) is 6.92 Å². The average Bonchev–Trinajstić information content (AvgIpc) is 2.85. The number of aromatic nitrogens is 3. The molecular formula is C15H22N4O2. The topological polar surface area (TPSA) is 79.5 Å². The molecule has 0 aromatic carbocycles. The summed E-state index contributed by atoms with van der Waals surface area (Å²) < 4.78 is 1.69. The van der Waals surface area contributed by atoms with Gasteiger partial charge in [0.25, 0.3) is 5.91 Å². The molecule has 2 aromatic heterocycles. The van der Waals surface area contributed by atoms with Gasteiger partial charge in [0.05, 0.1) is 17.0 Å². The van der Waals surface area contributed by atoms with Crippen LogP contribution in [-0.2, 0) is 0 Å². The summed E-state index contributed by atoms with van der Waals surface area (Å²) in [7, 11) is 0. The van der Waals surface area contributed by atoms with Crippen molar-refractivity contribution >= 4 is 11.6 Å². The van der Waals surface area contributed by atoms with Gasteiger partial charge in [0, 0.05) is 25.4 Å². The molecule has 0 aliphatic rings. The summed E-state index contributed by atoms with van der Waals surface area (Å²) in [4.78, 5) is 16.4. The molecule has 2 N–H and O–H groups in total. The van der Waals surface area contributed by atoms with Crippen LogP contribution in [0.25, 0.3) is 5.65 Å². The summed E-state index contributed by atoms with van der Waals surface area (Å²) in [6.07, 6.45) is 3.34. The van der Waals surface area contributed by atoms with Crippen LogP contribution in [0, 0.1) is 19.8 Å². The summed E-state index contributed by atoms with van der Waals surface area (Å²) in [5, 5.41) is 16.2. The molecule has 114 valence electrons. The Morgan fingerprint density at radius 1 is 1.48 bits per heavy atom. The smallest absolute Gasteiger partial charge is 0.254 e. The minimum absolute atomic E-state index is 0.133. The summed E-state index contributed by atoms with van der Waals surface area (Å²) in [5.74, 6) is 0.139. The van der Waals surface area contributed by atoms with Gasteiger partial charge >= 0.3 is 0 Å². The number of fused-ring (bicyclic) bond motifs is 1. The Hall–Kier alpha value is -1.95. The highest BCUT2D eigenvalue weighted by molar-refractivity contribution is 5.95. The third kappa shape index (κ3) is 3.58. The lowest BCUT2D eigenvalue weighted by Gasteiger charge is -2.10. The number of nitrogens with zero attached hydrogens (tertiary/aromatic N) is 3. The molecule has 0 radical (unpaired) electrons. The predicted octanol–water partition coefficient (Wildman–Crippen LogP) is 1.48. The van der Waals surface area contributed by atoms with Crippen molar-refractivity contribution in [1.29, 1.82) is 0 Å². The molecule has 0 aliphatic heterocycles. The van der Waals surface area contributed by atoms with Gasteiger partial charge < -0.3 is 10.4 Å². The first-order valence-electron chi connectivity index (χ1n) is 7.24. The molecule has 0 fully saturated rings. The van der Waals surface area contributed by atoms with Gasteiger partial charge in [0.2, 0.25) is 0 Å². The fraction of sp³-hybridized carbons (Fsp3) is 0.533. The lowest BCUT2D eigenvalue weighted by Crippen LogP contribution is -2.26. The number of amides is 1. The van der Waals surface area contributed by atoms with Gasteiger partial charge in [-0.05, 0) is 32.6 Å². The molecular weight excluding hydrogens is 268 g/mol. The molecule has 2 aromatic rings. The second-order valence-corrected chi connectivity index (χ2v) is 5.50. The number of aliphatic hydroxyl groups excluding tert-OH is 1. The van der Waals surface area contributed by atoms with Crippen molar-refractivity contribution in [2.24, 2.45) is 5.92 Å². The number of carbonyl (C=O) groups excluding carboxylic acids is 1. The Morgan fingerprint density at radius 2 is 2.24 bits per heavy atom. The third-order valence-electron chi connectivity index (χ3n) is 3.56. The van der Waals surface area contributed by atoms with E-state index in [0.29, 0.717) is 12.1 Å². The van der Waals surface area contributed by atoms with E-state index in [-0.39, 0.29) is 18.4 Å². The maximum Gasteiger partial charge on any atom is 0.254 e. The van der Waals surface area contributed by atoms with Crippen molar-refractivity contribution in [2.75, 3.05) is 13.2 Å². The molecule has 6 nitrogen and oxygen atoms in total. The van der Waals surface area contributed by atoms with Gasteiger partial charge in [-0.15, -0.1) is 0 Å². The van der Waals surface area contributed by atoms with Gasteiger partial charge in [0.15, 0.2) is 5.65 Å². The Labute approximate surface area is 124 Å². The number of hydrogen-bond acceptors (Lipinski definition) is 4. The molecule has 6 heteroatoms. The summed E-state index contributed by atoms with van der Waals surface area (Å²) in [6, 6.07) is 1.88. The van der Waals surface area contributed by atoms with Crippen molar-refractivity contribution in [2.45, 2.75) is 33.6 Å². The quantitative estimate of drug-likeness (QED) is 0.790. The number of rotatable bonds is 6. The Morgan fingerprint density at radius 3 is 2.95 bits per heavy atom. The molecule has 1 atom stereocenters. The van der Waals surface area contributed by atoms with E-state index in [1.807, 2.05) is 26.8 Å². The van der Waals surface area contributed by atoms with Crippen molar-refractivity contribution < 1.29 is 9.90 Å². The first kappa shape index (κ1) is 15.4. The van der Waals surface area contributed by atoms with Crippen molar-refractivity contribution in [3.8, 4) is 0 Å². The van der Waals surface area contributed by atoms with Crippen LogP contribution < -0.4 is 5.32 Å². The van der Waals surface area contributed by atoms with Crippen LogP contribution >= 0.6 is 0 Å². The summed E-state index contributed by atoms with van der Waals surface area (Å²) >= 11 is 0. The van der Waals surface area contributed by atoms with Gasteiger partial charge in [0.1, 0.15) is 0 Å². The van der Waals surface area contributed by atoms with E-state index >= 15 is 0 Å². The molecule has 0 saturated heterocycles. The third-order valence-corrected chi connectivity index (χ3v) is 3.56. The molecule has 0 bridgehead atoms. The molecule has 1 amide bonds. The number of aryl methyl sites for hydroxylation is 2. The van der Waals surface area contributed by atoms with Crippen LogP contribution in [0.15, 0.2) is 12.3 Å². The van der Waals surface area contributed by atoms with Gasteiger partial charge in [-0.3, -0.25) is 4.79 Å². The molecule has 0 aliphatic carbocycles. The van der Waals surface area contributed by atoms with Crippen LogP contribution in [-0.4, -0.2) is 38.8 Å². The second-order valence-electron chi connectivity index (χ2n) is 5.50. The minimum atomic E-state index is -0.133. The van der Waals surface area contributed by atoms with Crippen LogP contribution in [0.5, 0.6) is 0 Å². The highest BCUT2D eigenvalue weighted by Crippen LogP contribution is 2.11. The molecule has 2 heterocycles. The maximum absolute atomic E-state index is 12.2. The zero-order chi connectivity index (χ0) is 15.4. The Kier molecular flexibility index (Phi) is 4.90. The SMILES string of the molecule is Cc1cc2ncc(C(=O)NCCCC(C)CO)c(C)n2n1. The molecule has 0 saturated carbocycles. The van der Waals surface area contributed by atoms with Crippen molar-refractivity contribution in [1.82, 2.24) is 19.9 Å². The molecule has 21 heavy (non-hydrogen) atoms. The fourth-order valence-corrected chi connectivity index (χ4v) is 2.22. The monoisotopic (exact) mass is 290 g/mol.